The number of para-hydroxylation sites is 1. The van der Waals surface area contributed by atoms with Gasteiger partial charge in [-0.25, -0.2) is 4.39 Å². The van der Waals surface area contributed by atoms with E-state index in [0.717, 1.165) is 0 Å². The van der Waals surface area contributed by atoms with Gasteiger partial charge < -0.3 is 21.1 Å². The Kier molecular flexibility index (Phi) is 8.42. The number of nitrogens with one attached hydrogen (secondary N) is 1. The van der Waals surface area contributed by atoms with Crippen molar-refractivity contribution in [2.75, 3.05) is 13.2 Å². The summed E-state index contributed by atoms with van der Waals surface area (Å²) in [5.41, 5.74) is 6.19. The second kappa shape index (κ2) is 11.3. The van der Waals surface area contributed by atoms with Crippen LogP contribution in [-0.4, -0.2) is 56.7 Å². The molecule has 1 atom stereocenters. The largest absolute Gasteiger partial charge is 0.394 e. The average molecular weight is 504 g/mol. The Morgan fingerprint density at radius 3 is 2.57 bits per heavy atom. The van der Waals surface area contributed by atoms with Gasteiger partial charge in [-0.1, -0.05) is 55.8 Å². The highest BCUT2D eigenvalue weighted by Crippen LogP contribution is 2.20. The first-order chi connectivity index (χ1) is 16.6. The van der Waals surface area contributed by atoms with E-state index >= 15 is 0 Å². The van der Waals surface area contributed by atoms with Crippen molar-refractivity contribution in [1.82, 2.24) is 20.0 Å². The Balaban J connectivity index is 1.81. The van der Waals surface area contributed by atoms with Crippen LogP contribution in [0, 0.1) is 11.7 Å². The zero-order chi connectivity index (χ0) is 25.7. The molecule has 0 fully saturated rings. The second-order valence-electron chi connectivity index (χ2n) is 8.39. The molecule has 1 heterocycles. The normalized spacial score (nSPS) is 12.1. The van der Waals surface area contributed by atoms with Crippen LogP contribution < -0.4 is 11.1 Å². The molecule has 35 heavy (non-hydrogen) atoms. The summed E-state index contributed by atoms with van der Waals surface area (Å²) in [6.45, 7) is 2.49. The summed E-state index contributed by atoms with van der Waals surface area (Å²) in [7, 11) is 0. The van der Waals surface area contributed by atoms with Gasteiger partial charge in [0.05, 0.1) is 29.7 Å². The van der Waals surface area contributed by atoms with E-state index in [1.165, 1.54) is 21.7 Å². The Morgan fingerprint density at radius 1 is 1.20 bits per heavy atom. The number of hydrogen-bond acceptors (Lipinski definition) is 5. The predicted molar refractivity (Wildman–Crippen MR) is 129 cm³/mol. The van der Waals surface area contributed by atoms with E-state index < -0.39 is 29.6 Å². The van der Waals surface area contributed by atoms with Gasteiger partial charge in [-0.15, -0.1) is 0 Å². The van der Waals surface area contributed by atoms with Gasteiger partial charge in [-0.2, -0.15) is 5.10 Å². The second-order valence-corrected chi connectivity index (χ2v) is 8.80. The summed E-state index contributed by atoms with van der Waals surface area (Å²) >= 11 is 5.78. The minimum Gasteiger partial charge on any atom is -0.394 e. The number of primary amides is 1. The number of aliphatic hydroxyl groups excluding tert-OH is 1. The van der Waals surface area contributed by atoms with Crippen molar-refractivity contribution in [1.29, 1.82) is 0 Å². The van der Waals surface area contributed by atoms with Gasteiger partial charge in [0.2, 0.25) is 11.8 Å². The van der Waals surface area contributed by atoms with Gasteiger partial charge in [-0.3, -0.25) is 19.1 Å². The van der Waals surface area contributed by atoms with Crippen molar-refractivity contribution in [3.8, 4) is 0 Å². The van der Waals surface area contributed by atoms with Gasteiger partial charge in [-0.05, 0) is 18.1 Å². The number of carbonyl (C=O) groups is 3. The van der Waals surface area contributed by atoms with Crippen molar-refractivity contribution < 1.29 is 23.9 Å². The third-order valence-electron chi connectivity index (χ3n) is 5.68. The standard InChI is InChI=1S/C24H27ClFN5O4/c1-14(2)19(13-32)30(11-20(33)28-10-15-6-5-8-17(25)22(15)26)21(34)12-31-18-9-4-3-7-16(18)23(29-31)24(27)35/h3-9,14,19,32H,10-13H2,1-2H3,(H2,27,35)(H,28,33)/t19-/m0/s1. The van der Waals surface area contributed by atoms with Gasteiger partial charge in [0.15, 0.2) is 5.69 Å². The number of benzene rings is 2. The van der Waals surface area contributed by atoms with Crippen LogP contribution in [0.2, 0.25) is 5.02 Å². The number of amides is 3. The van der Waals surface area contributed by atoms with Crippen molar-refractivity contribution in [3.05, 3.63) is 64.6 Å². The molecule has 11 heteroatoms. The summed E-state index contributed by atoms with van der Waals surface area (Å²) < 4.78 is 15.5. The lowest BCUT2D eigenvalue weighted by Crippen LogP contribution is -2.51. The Morgan fingerprint density at radius 2 is 1.91 bits per heavy atom. The van der Waals surface area contributed by atoms with Crippen LogP contribution in [0.4, 0.5) is 4.39 Å². The van der Waals surface area contributed by atoms with Crippen molar-refractivity contribution in [2.45, 2.75) is 33.0 Å². The predicted octanol–water partition coefficient (Wildman–Crippen LogP) is 2.09. The molecule has 0 aliphatic rings. The first kappa shape index (κ1) is 26.1. The Hall–Kier alpha value is -3.50. The molecule has 0 aliphatic heterocycles. The highest BCUT2D eigenvalue weighted by molar-refractivity contribution is 6.30. The molecule has 3 amide bonds. The van der Waals surface area contributed by atoms with E-state index in [1.54, 1.807) is 30.3 Å². The van der Waals surface area contributed by atoms with Crippen LogP contribution in [-0.2, 0) is 22.7 Å². The highest BCUT2D eigenvalue weighted by Gasteiger charge is 2.29. The lowest BCUT2D eigenvalue weighted by atomic mass is 10.0. The first-order valence-electron chi connectivity index (χ1n) is 11.0. The fraction of sp³-hybridized carbons (Fsp3) is 0.333. The fourth-order valence-electron chi connectivity index (χ4n) is 3.80. The number of nitrogens with zero attached hydrogens (tertiary/aromatic N) is 3. The number of carbonyl (C=O) groups excluding carboxylic acids is 3. The zero-order valence-electron chi connectivity index (χ0n) is 19.4. The molecule has 1 aromatic heterocycles. The van der Waals surface area contributed by atoms with Crippen LogP contribution in [0.3, 0.4) is 0 Å². The monoisotopic (exact) mass is 503 g/mol. The molecule has 0 unspecified atom stereocenters. The van der Waals surface area contributed by atoms with Crippen molar-refractivity contribution in [2.24, 2.45) is 11.7 Å². The number of aliphatic hydroxyl groups is 1. The first-order valence-corrected chi connectivity index (χ1v) is 11.4. The third-order valence-corrected chi connectivity index (χ3v) is 5.97. The van der Waals surface area contributed by atoms with E-state index in [4.69, 9.17) is 17.3 Å². The molecule has 0 aliphatic carbocycles. The van der Waals surface area contributed by atoms with E-state index in [9.17, 15) is 23.9 Å². The lowest BCUT2D eigenvalue weighted by Gasteiger charge is -2.33. The maximum Gasteiger partial charge on any atom is 0.269 e. The molecule has 186 valence electrons. The molecule has 0 bridgehead atoms. The molecule has 2 aromatic carbocycles. The summed E-state index contributed by atoms with van der Waals surface area (Å²) in [4.78, 5) is 39.1. The topological polar surface area (TPSA) is 131 Å². The number of aromatic nitrogens is 2. The molecule has 9 nitrogen and oxygen atoms in total. The Bertz CT molecular complexity index is 1250. The molecular weight excluding hydrogens is 477 g/mol. The molecule has 0 saturated heterocycles. The van der Waals surface area contributed by atoms with E-state index in [0.29, 0.717) is 10.9 Å². The number of rotatable bonds is 10. The molecule has 3 rings (SSSR count). The molecule has 0 radical (unpaired) electrons. The number of fused-ring (bicyclic) bond motifs is 1. The van der Waals surface area contributed by atoms with Gasteiger partial charge in [0, 0.05) is 17.5 Å². The Labute approximate surface area is 206 Å². The quantitative estimate of drug-likeness (QED) is 0.390. The van der Waals surface area contributed by atoms with Crippen LogP contribution in [0.1, 0.15) is 29.9 Å². The van der Waals surface area contributed by atoms with Crippen LogP contribution >= 0.6 is 11.6 Å². The number of halogens is 2. The molecule has 3 aromatic rings. The molecule has 0 spiro atoms. The van der Waals surface area contributed by atoms with Crippen molar-refractivity contribution in [3.63, 3.8) is 0 Å². The average Bonchev–Trinajstić information content (AvgIpc) is 3.18. The molecule has 4 N–H and O–H groups in total. The van der Waals surface area contributed by atoms with Crippen LogP contribution in [0.15, 0.2) is 42.5 Å². The minimum atomic E-state index is -0.729. The van der Waals surface area contributed by atoms with E-state index in [-0.39, 0.29) is 48.4 Å². The van der Waals surface area contributed by atoms with Gasteiger partial charge in [0.25, 0.3) is 5.91 Å². The lowest BCUT2D eigenvalue weighted by molar-refractivity contribution is -0.141. The minimum absolute atomic E-state index is 0.0313. The zero-order valence-corrected chi connectivity index (χ0v) is 20.1. The van der Waals surface area contributed by atoms with Crippen molar-refractivity contribution >= 4 is 40.2 Å². The fourth-order valence-corrected chi connectivity index (χ4v) is 3.99. The van der Waals surface area contributed by atoms with Gasteiger partial charge in [0.1, 0.15) is 12.4 Å². The van der Waals surface area contributed by atoms with Crippen LogP contribution in [0.5, 0.6) is 0 Å². The maximum atomic E-state index is 14.1. The summed E-state index contributed by atoms with van der Waals surface area (Å²) in [5, 5.41) is 17.2. The SMILES string of the molecule is CC(C)[C@H](CO)N(CC(=O)NCc1cccc(Cl)c1F)C(=O)Cn1nc(C(N)=O)c2ccccc21. The maximum absolute atomic E-state index is 14.1. The summed E-state index contributed by atoms with van der Waals surface area (Å²) in [6, 6.07) is 10.6. The summed E-state index contributed by atoms with van der Waals surface area (Å²) in [6.07, 6.45) is 0. The molecular formula is C24H27ClFN5O4. The van der Waals surface area contributed by atoms with E-state index in [2.05, 4.69) is 10.4 Å². The van der Waals surface area contributed by atoms with Crippen LogP contribution in [0.25, 0.3) is 10.9 Å². The third kappa shape index (κ3) is 5.95. The smallest absolute Gasteiger partial charge is 0.269 e. The van der Waals surface area contributed by atoms with E-state index in [1.807, 2.05) is 13.8 Å². The number of hydrogen-bond donors (Lipinski definition) is 3. The number of nitrogens with two attached hydrogens (primary N) is 1. The molecule has 0 saturated carbocycles. The summed E-state index contributed by atoms with van der Waals surface area (Å²) in [5.74, 6) is -2.57. The highest BCUT2D eigenvalue weighted by atomic mass is 35.5. The van der Waals surface area contributed by atoms with Gasteiger partial charge >= 0.3 is 0 Å².